The molecule has 3 heterocycles. The summed E-state index contributed by atoms with van der Waals surface area (Å²) in [5, 5.41) is 3.35. The predicted molar refractivity (Wildman–Crippen MR) is 89.9 cm³/mol. The summed E-state index contributed by atoms with van der Waals surface area (Å²) in [5.74, 6) is 1.97. The molecule has 1 saturated carbocycles. The first kappa shape index (κ1) is 15.9. The summed E-state index contributed by atoms with van der Waals surface area (Å²) in [6.45, 7) is 2.29. The zero-order valence-electron chi connectivity index (χ0n) is 13.8. The number of carbonyl (C=O) groups excluding carboxylic acids is 1. The normalized spacial score (nSPS) is 20.3. The average molecular weight is 340 g/mol. The number of rotatable bonds is 5. The van der Waals surface area contributed by atoms with E-state index >= 15 is 0 Å². The molecule has 0 bridgehead atoms. The molecule has 8 nitrogen and oxygen atoms in total. The van der Waals surface area contributed by atoms with Crippen molar-refractivity contribution >= 4 is 11.7 Å². The Labute approximate surface area is 145 Å². The zero-order valence-corrected chi connectivity index (χ0v) is 13.8. The Balaban J connectivity index is 1.54. The number of nitrogens with one attached hydrogen (secondary N) is 1. The third-order valence-electron chi connectivity index (χ3n) is 4.43. The Kier molecular flexibility index (Phi) is 4.51. The third-order valence-corrected chi connectivity index (χ3v) is 4.43. The molecule has 2 aliphatic rings. The van der Waals surface area contributed by atoms with Crippen molar-refractivity contribution in [2.75, 3.05) is 31.6 Å². The van der Waals surface area contributed by atoms with Crippen molar-refractivity contribution in [1.82, 2.24) is 24.8 Å². The summed E-state index contributed by atoms with van der Waals surface area (Å²) in [6.07, 6.45) is 7.22. The van der Waals surface area contributed by atoms with Crippen LogP contribution in [-0.2, 0) is 4.74 Å². The Morgan fingerprint density at radius 3 is 3.00 bits per heavy atom. The van der Waals surface area contributed by atoms with Gasteiger partial charge in [0.05, 0.1) is 13.2 Å². The van der Waals surface area contributed by atoms with Crippen LogP contribution in [0.15, 0.2) is 30.9 Å². The van der Waals surface area contributed by atoms with E-state index < -0.39 is 0 Å². The van der Waals surface area contributed by atoms with Crippen LogP contribution >= 0.6 is 0 Å². The predicted octanol–water partition coefficient (Wildman–Crippen LogP) is 1.30. The highest BCUT2D eigenvalue weighted by atomic mass is 16.5. The van der Waals surface area contributed by atoms with Gasteiger partial charge in [0.1, 0.15) is 23.9 Å². The van der Waals surface area contributed by atoms with Crippen LogP contribution < -0.4 is 5.32 Å². The number of carbonyl (C=O) groups is 1. The Bertz CT molecular complexity index is 737. The highest BCUT2D eigenvalue weighted by molar-refractivity contribution is 5.92. The van der Waals surface area contributed by atoms with Crippen LogP contribution in [0.25, 0.3) is 0 Å². The fraction of sp³-hybridized carbons (Fsp3) is 0.471. The van der Waals surface area contributed by atoms with Gasteiger partial charge in [-0.15, -0.1) is 0 Å². The van der Waals surface area contributed by atoms with Gasteiger partial charge >= 0.3 is 0 Å². The molecule has 2 aromatic rings. The number of aromatic nitrogens is 4. The van der Waals surface area contributed by atoms with Crippen LogP contribution in [0, 0.1) is 5.92 Å². The molecule has 1 aliphatic heterocycles. The molecule has 25 heavy (non-hydrogen) atoms. The molecule has 130 valence electrons. The van der Waals surface area contributed by atoms with Crippen LogP contribution in [0.5, 0.6) is 0 Å². The second-order valence-electron chi connectivity index (χ2n) is 6.31. The summed E-state index contributed by atoms with van der Waals surface area (Å²) >= 11 is 0. The van der Waals surface area contributed by atoms with Crippen LogP contribution in [-0.4, -0.2) is 57.0 Å². The first-order chi connectivity index (χ1) is 12.3. The van der Waals surface area contributed by atoms with Gasteiger partial charge < -0.3 is 15.0 Å². The van der Waals surface area contributed by atoms with Crippen molar-refractivity contribution in [3.63, 3.8) is 0 Å². The van der Waals surface area contributed by atoms with Gasteiger partial charge in [-0.1, -0.05) is 0 Å². The maximum Gasteiger partial charge on any atom is 0.273 e. The lowest BCUT2D eigenvalue weighted by Gasteiger charge is -2.34. The number of ether oxygens (including phenoxy) is 1. The number of amides is 1. The van der Waals surface area contributed by atoms with Gasteiger partial charge in [-0.3, -0.25) is 4.79 Å². The minimum absolute atomic E-state index is 0.157. The average Bonchev–Trinajstić information content (AvgIpc) is 3.51. The molecule has 1 aliphatic carbocycles. The summed E-state index contributed by atoms with van der Waals surface area (Å²) < 4.78 is 5.57. The van der Waals surface area contributed by atoms with Gasteiger partial charge in [0.25, 0.3) is 5.91 Å². The molecule has 1 N–H and O–H groups in total. The molecule has 2 aromatic heterocycles. The van der Waals surface area contributed by atoms with Gasteiger partial charge in [0.2, 0.25) is 0 Å². The van der Waals surface area contributed by atoms with E-state index in [4.69, 9.17) is 4.74 Å². The molecule has 0 radical (unpaired) electrons. The lowest BCUT2D eigenvalue weighted by atomic mass is 10.2. The molecule has 8 heteroatoms. The molecule has 1 atom stereocenters. The number of hydrogen-bond donors (Lipinski definition) is 1. The van der Waals surface area contributed by atoms with Gasteiger partial charge in [0, 0.05) is 25.5 Å². The van der Waals surface area contributed by atoms with E-state index in [9.17, 15) is 4.79 Å². The fourth-order valence-corrected chi connectivity index (χ4v) is 2.83. The molecular weight excluding hydrogens is 320 g/mol. The van der Waals surface area contributed by atoms with E-state index in [0.717, 1.165) is 18.3 Å². The highest BCUT2D eigenvalue weighted by Crippen LogP contribution is 2.29. The summed E-state index contributed by atoms with van der Waals surface area (Å²) in [4.78, 5) is 31.4. The van der Waals surface area contributed by atoms with E-state index in [1.54, 1.807) is 23.4 Å². The first-order valence-electron chi connectivity index (χ1n) is 8.53. The van der Waals surface area contributed by atoms with Crippen molar-refractivity contribution in [2.24, 2.45) is 5.92 Å². The van der Waals surface area contributed by atoms with Crippen molar-refractivity contribution in [1.29, 1.82) is 0 Å². The van der Waals surface area contributed by atoms with Crippen LogP contribution in [0.2, 0.25) is 0 Å². The fourth-order valence-electron chi connectivity index (χ4n) is 2.83. The van der Waals surface area contributed by atoms with Gasteiger partial charge in [-0.2, -0.15) is 0 Å². The van der Waals surface area contributed by atoms with E-state index in [1.165, 1.54) is 19.2 Å². The monoisotopic (exact) mass is 340 g/mol. The molecule has 2 fully saturated rings. The Hall–Kier alpha value is -2.61. The highest BCUT2D eigenvalue weighted by Gasteiger charge is 2.32. The number of morpholine rings is 1. The minimum Gasteiger partial charge on any atom is -0.377 e. The number of anilines is 1. The van der Waals surface area contributed by atoms with Crippen molar-refractivity contribution in [3.05, 3.63) is 42.4 Å². The molecule has 4 rings (SSSR count). The van der Waals surface area contributed by atoms with E-state index in [0.29, 0.717) is 31.3 Å². The van der Waals surface area contributed by atoms with Crippen LogP contribution in [0.4, 0.5) is 5.82 Å². The van der Waals surface area contributed by atoms with Crippen LogP contribution in [0.3, 0.4) is 0 Å². The van der Waals surface area contributed by atoms with E-state index in [-0.39, 0.29) is 11.9 Å². The van der Waals surface area contributed by atoms with Crippen molar-refractivity contribution in [2.45, 2.75) is 18.9 Å². The summed E-state index contributed by atoms with van der Waals surface area (Å²) in [5.41, 5.74) is 0.366. The zero-order chi connectivity index (χ0) is 17.1. The van der Waals surface area contributed by atoms with Crippen molar-refractivity contribution in [3.8, 4) is 0 Å². The lowest BCUT2D eigenvalue weighted by Crippen LogP contribution is -2.44. The largest absolute Gasteiger partial charge is 0.377 e. The maximum absolute atomic E-state index is 12.8. The second kappa shape index (κ2) is 7.10. The smallest absolute Gasteiger partial charge is 0.273 e. The standard InChI is InChI=1S/C17H20N6O2/c24-17(13-3-5-18-11-21-13)23-7-8-25-10-14(23)16-19-6-4-15(22-16)20-9-12-1-2-12/h3-6,11-12,14H,1-2,7-10H2,(H,19,20,22)/t14-/m0/s1. The van der Waals surface area contributed by atoms with Gasteiger partial charge in [-0.05, 0) is 30.9 Å². The first-order valence-corrected chi connectivity index (χ1v) is 8.53. The molecule has 0 unspecified atom stereocenters. The second-order valence-corrected chi connectivity index (χ2v) is 6.31. The maximum atomic E-state index is 12.8. The van der Waals surface area contributed by atoms with Crippen molar-refractivity contribution < 1.29 is 9.53 Å². The molecule has 0 spiro atoms. The number of hydrogen-bond acceptors (Lipinski definition) is 7. The third kappa shape index (κ3) is 3.74. The van der Waals surface area contributed by atoms with E-state index in [1.807, 2.05) is 6.07 Å². The molecule has 1 saturated heterocycles. The molecular formula is C17H20N6O2. The summed E-state index contributed by atoms with van der Waals surface area (Å²) in [6, 6.07) is 3.15. The van der Waals surface area contributed by atoms with E-state index in [2.05, 4.69) is 25.3 Å². The molecule has 1 amide bonds. The van der Waals surface area contributed by atoms with Gasteiger partial charge in [-0.25, -0.2) is 19.9 Å². The SMILES string of the molecule is O=C(c1ccncn1)N1CCOC[C@H]1c1nccc(NCC2CC2)n1. The quantitative estimate of drug-likeness (QED) is 0.877. The Morgan fingerprint density at radius 2 is 2.20 bits per heavy atom. The number of nitrogens with zero attached hydrogens (tertiary/aromatic N) is 5. The van der Waals surface area contributed by atoms with Gasteiger partial charge in [0.15, 0.2) is 5.82 Å². The minimum atomic E-state index is -0.320. The topological polar surface area (TPSA) is 93.1 Å². The Morgan fingerprint density at radius 1 is 1.28 bits per heavy atom. The van der Waals surface area contributed by atoms with Crippen LogP contribution in [0.1, 0.15) is 35.2 Å². The lowest BCUT2D eigenvalue weighted by molar-refractivity contribution is -0.00550. The molecule has 0 aromatic carbocycles. The summed E-state index contributed by atoms with van der Waals surface area (Å²) in [7, 11) is 0.